The van der Waals surface area contributed by atoms with Crippen LogP contribution in [-0.4, -0.2) is 34.7 Å². The van der Waals surface area contributed by atoms with Gasteiger partial charge in [0.25, 0.3) is 0 Å². The van der Waals surface area contributed by atoms with Crippen LogP contribution in [0.4, 0.5) is 0 Å². The van der Waals surface area contributed by atoms with Gasteiger partial charge in [-0.2, -0.15) is 0 Å². The summed E-state index contributed by atoms with van der Waals surface area (Å²) in [6.07, 6.45) is 1.74. The van der Waals surface area contributed by atoms with Gasteiger partial charge in [-0.25, -0.2) is 9.97 Å². The van der Waals surface area contributed by atoms with Crippen LogP contribution in [-0.2, 0) is 13.0 Å². The predicted octanol–water partition coefficient (Wildman–Crippen LogP) is 0.585. The molecule has 0 fully saturated rings. The van der Waals surface area contributed by atoms with Gasteiger partial charge in [0, 0.05) is 25.1 Å². The second kappa shape index (κ2) is 3.46. The van der Waals surface area contributed by atoms with Crippen molar-refractivity contribution in [1.82, 2.24) is 14.9 Å². The van der Waals surface area contributed by atoms with Crippen molar-refractivity contribution in [3.63, 3.8) is 0 Å². The van der Waals surface area contributed by atoms with Gasteiger partial charge in [0.1, 0.15) is 11.5 Å². The van der Waals surface area contributed by atoms with Gasteiger partial charge in [-0.3, -0.25) is 4.79 Å². The van der Waals surface area contributed by atoms with E-state index in [1.54, 1.807) is 0 Å². The zero-order chi connectivity index (χ0) is 10.1. The number of hydrogen-bond donors (Lipinski definition) is 0. The molecule has 0 saturated heterocycles. The van der Waals surface area contributed by atoms with Crippen molar-refractivity contribution >= 4 is 6.29 Å². The zero-order valence-electron chi connectivity index (χ0n) is 8.45. The van der Waals surface area contributed by atoms with Gasteiger partial charge in [0.15, 0.2) is 6.29 Å². The Morgan fingerprint density at radius 2 is 2.21 bits per heavy atom. The molecule has 4 heteroatoms. The first kappa shape index (κ1) is 9.27. The van der Waals surface area contributed by atoms with Gasteiger partial charge >= 0.3 is 0 Å². The number of hydrogen-bond acceptors (Lipinski definition) is 4. The standard InChI is InChI=1S/C10H13N3O/c1-7-11-9-3-4-13(2)5-8(9)10(6-14)12-7/h6H,3-5H2,1-2H3. The highest BCUT2D eigenvalue weighted by molar-refractivity contribution is 5.74. The summed E-state index contributed by atoms with van der Waals surface area (Å²) in [4.78, 5) is 21.5. The van der Waals surface area contributed by atoms with Gasteiger partial charge in [-0.1, -0.05) is 0 Å². The molecule has 2 rings (SSSR count). The Bertz CT molecular complexity index is 376. The number of aldehydes is 1. The van der Waals surface area contributed by atoms with Crippen LogP contribution in [0.1, 0.15) is 27.6 Å². The largest absolute Gasteiger partial charge is 0.302 e. The molecule has 2 heterocycles. The van der Waals surface area contributed by atoms with Crippen LogP contribution in [0.15, 0.2) is 0 Å². The first-order valence-electron chi connectivity index (χ1n) is 4.71. The summed E-state index contributed by atoms with van der Waals surface area (Å²) in [7, 11) is 2.04. The minimum absolute atomic E-state index is 0.555. The van der Waals surface area contributed by atoms with Gasteiger partial charge in [-0.15, -0.1) is 0 Å². The lowest BCUT2D eigenvalue weighted by molar-refractivity contribution is 0.111. The van der Waals surface area contributed by atoms with Crippen LogP contribution in [0.5, 0.6) is 0 Å². The van der Waals surface area contributed by atoms with E-state index in [1.807, 2.05) is 14.0 Å². The monoisotopic (exact) mass is 191 g/mol. The minimum Gasteiger partial charge on any atom is -0.302 e. The number of aryl methyl sites for hydroxylation is 1. The molecule has 0 unspecified atom stereocenters. The fraction of sp³-hybridized carbons (Fsp3) is 0.500. The van der Waals surface area contributed by atoms with Crippen LogP contribution in [0.3, 0.4) is 0 Å². The van der Waals surface area contributed by atoms with Crippen LogP contribution >= 0.6 is 0 Å². The molecule has 0 spiro atoms. The number of fused-ring (bicyclic) bond motifs is 1. The lowest BCUT2D eigenvalue weighted by atomic mass is 10.0. The first-order chi connectivity index (χ1) is 6.70. The molecule has 0 amide bonds. The Hall–Kier alpha value is -1.29. The Labute approximate surface area is 83.0 Å². The van der Waals surface area contributed by atoms with Crippen molar-refractivity contribution < 1.29 is 4.79 Å². The van der Waals surface area contributed by atoms with Crippen molar-refractivity contribution in [2.45, 2.75) is 19.9 Å². The molecular weight excluding hydrogens is 178 g/mol. The van der Waals surface area contributed by atoms with Crippen LogP contribution < -0.4 is 0 Å². The smallest absolute Gasteiger partial charge is 0.168 e. The maximum atomic E-state index is 10.8. The van der Waals surface area contributed by atoms with Crippen molar-refractivity contribution in [1.29, 1.82) is 0 Å². The molecule has 1 aliphatic heterocycles. The zero-order valence-corrected chi connectivity index (χ0v) is 8.45. The van der Waals surface area contributed by atoms with Gasteiger partial charge in [0.2, 0.25) is 0 Å². The summed E-state index contributed by atoms with van der Waals surface area (Å²) in [5, 5.41) is 0. The quantitative estimate of drug-likeness (QED) is 0.609. The molecule has 0 N–H and O–H groups in total. The fourth-order valence-corrected chi connectivity index (χ4v) is 1.80. The van der Waals surface area contributed by atoms with Gasteiger partial charge in [0.05, 0.1) is 5.69 Å². The highest BCUT2D eigenvalue weighted by atomic mass is 16.1. The molecule has 0 atom stereocenters. The maximum absolute atomic E-state index is 10.8. The van der Waals surface area contributed by atoms with Crippen molar-refractivity contribution in [2.75, 3.05) is 13.6 Å². The van der Waals surface area contributed by atoms with Crippen LogP contribution in [0.2, 0.25) is 0 Å². The third-order valence-electron chi connectivity index (χ3n) is 2.51. The normalized spacial score (nSPS) is 16.4. The predicted molar refractivity (Wildman–Crippen MR) is 52.2 cm³/mol. The van der Waals surface area contributed by atoms with Crippen molar-refractivity contribution in [2.24, 2.45) is 0 Å². The summed E-state index contributed by atoms with van der Waals surface area (Å²) in [5.41, 5.74) is 2.59. The maximum Gasteiger partial charge on any atom is 0.168 e. The fourth-order valence-electron chi connectivity index (χ4n) is 1.80. The molecule has 0 saturated carbocycles. The summed E-state index contributed by atoms with van der Waals surface area (Å²) in [5.74, 6) is 0.690. The van der Waals surface area contributed by atoms with E-state index >= 15 is 0 Å². The van der Waals surface area contributed by atoms with E-state index < -0.39 is 0 Å². The molecule has 0 bridgehead atoms. The summed E-state index contributed by atoms with van der Waals surface area (Å²) in [6.45, 7) is 3.61. The van der Waals surface area contributed by atoms with Crippen LogP contribution in [0.25, 0.3) is 0 Å². The number of aromatic nitrogens is 2. The SMILES string of the molecule is Cc1nc(C=O)c2c(n1)CCN(C)C2. The molecule has 74 valence electrons. The molecular formula is C10H13N3O. The number of nitrogens with zero attached hydrogens (tertiary/aromatic N) is 3. The van der Waals surface area contributed by atoms with E-state index in [0.717, 1.165) is 37.1 Å². The number of carbonyl (C=O) groups excluding carboxylic acids is 1. The molecule has 4 nitrogen and oxygen atoms in total. The second-order valence-electron chi connectivity index (χ2n) is 3.69. The number of carbonyl (C=O) groups is 1. The first-order valence-corrected chi connectivity index (χ1v) is 4.71. The average Bonchev–Trinajstić information content (AvgIpc) is 2.17. The molecule has 1 aliphatic rings. The lowest BCUT2D eigenvalue weighted by Gasteiger charge is -2.24. The third kappa shape index (κ3) is 1.53. The van der Waals surface area contributed by atoms with E-state index in [0.29, 0.717) is 11.5 Å². The van der Waals surface area contributed by atoms with E-state index in [-0.39, 0.29) is 0 Å². The van der Waals surface area contributed by atoms with E-state index in [1.165, 1.54) is 0 Å². The summed E-state index contributed by atoms with van der Waals surface area (Å²) < 4.78 is 0. The summed E-state index contributed by atoms with van der Waals surface area (Å²) >= 11 is 0. The number of rotatable bonds is 1. The Kier molecular flexibility index (Phi) is 2.29. The van der Waals surface area contributed by atoms with Crippen molar-refractivity contribution in [3.05, 3.63) is 22.8 Å². The van der Waals surface area contributed by atoms with E-state index in [2.05, 4.69) is 14.9 Å². The highest BCUT2D eigenvalue weighted by Gasteiger charge is 2.18. The second-order valence-corrected chi connectivity index (χ2v) is 3.69. The van der Waals surface area contributed by atoms with Gasteiger partial charge in [-0.05, 0) is 14.0 Å². The molecule has 1 aromatic heterocycles. The van der Waals surface area contributed by atoms with E-state index in [9.17, 15) is 4.79 Å². The number of likely N-dealkylation sites (N-methyl/N-ethyl adjacent to an activating group) is 1. The van der Waals surface area contributed by atoms with Crippen LogP contribution in [0, 0.1) is 6.92 Å². The third-order valence-corrected chi connectivity index (χ3v) is 2.51. The Balaban J connectivity index is 2.52. The summed E-state index contributed by atoms with van der Waals surface area (Å²) in [6, 6.07) is 0. The minimum atomic E-state index is 0.555. The molecule has 0 radical (unpaired) electrons. The lowest BCUT2D eigenvalue weighted by Crippen LogP contribution is -2.29. The Morgan fingerprint density at radius 1 is 1.43 bits per heavy atom. The molecule has 1 aromatic rings. The van der Waals surface area contributed by atoms with Crippen molar-refractivity contribution in [3.8, 4) is 0 Å². The topological polar surface area (TPSA) is 46.1 Å². The van der Waals surface area contributed by atoms with Gasteiger partial charge < -0.3 is 4.90 Å². The Morgan fingerprint density at radius 3 is 2.93 bits per heavy atom. The molecule has 0 aliphatic carbocycles. The highest BCUT2D eigenvalue weighted by Crippen LogP contribution is 2.17. The van der Waals surface area contributed by atoms with E-state index in [4.69, 9.17) is 0 Å². The average molecular weight is 191 g/mol. The molecule has 14 heavy (non-hydrogen) atoms. The molecule has 0 aromatic carbocycles.